The molecule has 0 unspecified atom stereocenters. The molecule has 180 valence electrons. The van der Waals surface area contributed by atoms with Crippen molar-refractivity contribution in [1.29, 1.82) is 0 Å². The first kappa shape index (κ1) is 27.6. The summed E-state index contributed by atoms with van der Waals surface area (Å²) in [5, 5.41) is 3.05. The molecular weight excluding hydrogens is 576 g/mol. The molecule has 3 rings (SSSR count). The number of hydrogen-bond donors (Lipinski definition) is 1. The van der Waals surface area contributed by atoms with Gasteiger partial charge in [0.05, 0.1) is 12.8 Å². The van der Waals surface area contributed by atoms with Crippen LogP contribution >= 0.6 is 44.3 Å². The molecule has 0 heterocycles. The molecule has 1 saturated carbocycles. The molecule has 1 fully saturated rings. The third-order valence-electron chi connectivity index (χ3n) is 5.67. The number of carbonyl (C=O) groups is 2. The molecular formula is C24H29Br2ClN2O4. The molecule has 1 aliphatic rings. The van der Waals surface area contributed by atoms with Gasteiger partial charge >= 0.3 is 5.97 Å². The first-order valence-corrected chi connectivity index (χ1v) is 12.2. The number of nitrogens with one attached hydrogen (secondary N) is 1. The van der Waals surface area contributed by atoms with Crippen LogP contribution in [-0.4, -0.2) is 37.0 Å². The van der Waals surface area contributed by atoms with Crippen LogP contribution in [0.4, 0.5) is 5.69 Å². The van der Waals surface area contributed by atoms with E-state index in [1.54, 1.807) is 18.2 Å². The highest BCUT2D eigenvalue weighted by Crippen LogP contribution is 2.34. The molecule has 0 spiro atoms. The first-order valence-electron chi connectivity index (χ1n) is 10.6. The molecule has 1 amide bonds. The van der Waals surface area contributed by atoms with Crippen LogP contribution in [0.15, 0.2) is 39.3 Å². The lowest BCUT2D eigenvalue weighted by atomic mass is 9.94. The van der Waals surface area contributed by atoms with Gasteiger partial charge in [-0.2, -0.15) is 0 Å². The van der Waals surface area contributed by atoms with Crippen molar-refractivity contribution in [3.05, 3.63) is 50.4 Å². The summed E-state index contributed by atoms with van der Waals surface area (Å²) in [7, 11) is 3.61. The minimum Gasteiger partial charge on any atom is -0.493 e. The third-order valence-corrected chi connectivity index (χ3v) is 6.76. The number of carbonyl (C=O) groups excluding carboxylic acids is 2. The van der Waals surface area contributed by atoms with Crippen molar-refractivity contribution in [3.8, 4) is 11.5 Å². The number of rotatable bonds is 7. The molecule has 33 heavy (non-hydrogen) atoms. The average Bonchev–Trinajstić information content (AvgIpc) is 2.76. The molecule has 0 radical (unpaired) electrons. The van der Waals surface area contributed by atoms with Crippen LogP contribution in [0.1, 0.15) is 54.9 Å². The van der Waals surface area contributed by atoms with Crippen molar-refractivity contribution < 1.29 is 19.1 Å². The van der Waals surface area contributed by atoms with Gasteiger partial charge in [-0.3, -0.25) is 14.5 Å². The van der Waals surface area contributed by atoms with Crippen LogP contribution in [0.25, 0.3) is 0 Å². The van der Waals surface area contributed by atoms with Crippen LogP contribution in [0.2, 0.25) is 0 Å². The fourth-order valence-electron chi connectivity index (χ4n) is 4.04. The molecule has 0 saturated heterocycles. The Kier molecular flexibility index (Phi) is 10.7. The Balaban J connectivity index is 0.00000385. The number of hydrogen-bond acceptors (Lipinski definition) is 5. The Morgan fingerprint density at radius 1 is 1.09 bits per heavy atom. The van der Waals surface area contributed by atoms with Crippen LogP contribution in [0, 0.1) is 0 Å². The molecule has 2 aromatic carbocycles. The third kappa shape index (κ3) is 7.44. The second-order valence-electron chi connectivity index (χ2n) is 8.04. The summed E-state index contributed by atoms with van der Waals surface area (Å²) in [4.78, 5) is 26.7. The maximum absolute atomic E-state index is 13.1. The zero-order chi connectivity index (χ0) is 23.3. The Morgan fingerprint density at radius 2 is 1.79 bits per heavy atom. The molecule has 0 aliphatic heterocycles. The van der Waals surface area contributed by atoms with Crippen molar-refractivity contribution in [2.24, 2.45) is 0 Å². The van der Waals surface area contributed by atoms with Crippen molar-refractivity contribution in [2.75, 3.05) is 19.5 Å². The van der Waals surface area contributed by atoms with Gasteiger partial charge in [-0.05, 0) is 71.7 Å². The van der Waals surface area contributed by atoms with E-state index in [9.17, 15) is 9.59 Å². The monoisotopic (exact) mass is 602 g/mol. The predicted octanol–water partition coefficient (Wildman–Crippen LogP) is 6.58. The molecule has 0 atom stereocenters. The number of nitrogens with zero attached hydrogens (tertiary/aromatic N) is 1. The molecule has 1 aliphatic carbocycles. The number of halogens is 3. The average molecular weight is 605 g/mol. The number of esters is 1. The van der Waals surface area contributed by atoms with Gasteiger partial charge in [-0.25, -0.2) is 0 Å². The Hall–Kier alpha value is -1.61. The van der Waals surface area contributed by atoms with E-state index in [1.165, 1.54) is 46.1 Å². The van der Waals surface area contributed by atoms with Crippen LogP contribution in [-0.2, 0) is 11.3 Å². The van der Waals surface area contributed by atoms with E-state index in [-0.39, 0.29) is 24.1 Å². The van der Waals surface area contributed by atoms with Gasteiger partial charge in [0.1, 0.15) is 0 Å². The van der Waals surface area contributed by atoms with E-state index in [0.29, 0.717) is 17.4 Å². The Morgan fingerprint density at radius 3 is 2.42 bits per heavy atom. The Bertz CT molecular complexity index is 997. The van der Waals surface area contributed by atoms with Crippen molar-refractivity contribution in [2.45, 2.75) is 51.6 Å². The van der Waals surface area contributed by atoms with Crippen molar-refractivity contribution in [1.82, 2.24) is 4.90 Å². The fraction of sp³-hybridized carbons (Fsp3) is 0.417. The van der Waals surface area contributed by atoms with Crippen LogP contribution < -0.4 is 14.8 Å². The minimum atomic E-state index is -0.453. The van der Waals surface area contributed by atoms with Gasteiger partial charge in [0.25, 0.3) is 5.91 Å². The summed E-state index contributed by atoms with van der Waals surface area (Å²) in [6, 6.07) is 9.26. The maximum atomic E-state index is 13.1. The van der Waals surface area contributed by atoms with E-state index >= 15 is 0 Å². The van der Waals surface area contributed by atoms with Crippen LogP contribution in [0.3, 0.4) is 0 Å². The summed E-state index contributed by atoms with van der Waals surface area (Å²) in [5.74, 6) is -0.135. The lowest BCUT2D eigenvalue weighted by molar-refractivity contribution is -0.132. The van der Waals surface area contributed by atoms with E-state index in [1.807, 2.05) is 12.1 Å². The highest BCUT2D eigenvalue weighted by Gasteiger charge is 2.21. The van der Waals surface area contributed by atoms with Gasteiger partial charge in [0, 0.05) is 34.0 Å². The van der Waals surface area contributed by atoms with Gasteiger partial charge in [-0.15, -0.1) is 12.4 Å². The molecule has 9 heteroatoms. The molecule has 1 N–H and O–H groups in total. The highest BCUT2D eigenvalue weighted by atomic mass is 79.9. The summed E-state index contributed by atoms with van der Waals surface area (Å²) < 4.78 is 12.2. The zero-order valence-corrected chi connectivity index (χ0v) is 22.9. The molecule has 6 nitrogen and oxygen atoms in total. The van der Waals surface area contributed by atoms with Crippen molar-refractivity contribution in [3.63, 3.8) is 0 Å². The topological polar surface area (TPSA) is 67.9 Å². The largest absolute Gasteiger partial charge is 0.493 e. The van der Waals surface area contributed by atoms with E-state index in [4.69, 9.17) is 9.47 Å². The van der Waals surface area contributed by atoms with Gasteiger partial charge in [-0.1, -0.05) is 35.2 Å². The molecule has 0 bridgehead atoms. The lowest BCUT2D eigenvalue weighted by Gasteiger charge is -2.32. The maximum Gasteiger partial charge on any atom is 0.308 e. The summed E-state index contributed by atoms with van der Waals surface area (Å²) in [5.41, 5.74) is 2.17. The highest BCUT2D eigenvalue weighted by molar-refractivity contribution is 9.11. The van der Waals surface area contributed by atoms with Gasteiger partial charge in [0.15, 0.2) is 11.5 Å². The second kappa shape index (κ2) is 12.7. The first-order chi connectivity index (χ1) is 15.3. The van der Waals surface area contributed by atoms with Gasteiger partial charge < -0.3 is 14.8 Å². The number of methoxy groups -OCH3 is 1. The standard InChI is InChI=1S/C24H28Br2N2O4.ClH/c1-15(29)32-21-10-9-16(12-22(21)31-3)24(30)27-23-17(11-18(25)13-20(23)26)14-28(2)19-7-5-4-6-8-19;/h9-13,19H,4-8,14H2,1-3H3,(H,27,30);1H. The molecule has 0 aromatic heterocycles. The smallest absolute Gasteiger partial charge is 0.308 e. The van der Waals surface area contributed by atoms with E-state index in [2.05, 4.69) is 49.1 Å². The Labute approximate surface area is 218 Å². The SMILES string of the molecule is COc1cc(C(=O)Nc2c(Br)cc(Br)cc2CN(C)C2CCCCC2)ccc1OC(C)=O.Cl. The number of amides is 1. The van der Waals surface area contributed by atoms with Gasteiger partial charge in [0.2, 0.25) is 0 Å². The number of benzene rings is 2. The molecule has 2 aromatic rings. The predicted molar refractivity (Wildman–Crippen MR) is 140 cm³/mol. The second-order valence-corrected chi connectivity index (χ2v) is 9.81. The quantitative estimate of drug-likeness (QED) is 0.286. The zero-order valence-electron chi connectivity index (χ0n) is 19.0. The lowest BCUT2D eigenvalue weighted by Crippen LogP contribution is -2.33. The summed E-state index contributed by atoms with van der Waals surface area (Å²) in [6.07, 6.45) is 6.27. The van der Waals surface area contributed by atoms with Crippen molar-refractivity contribution >= 4 is 61.8 Å². The van der Waals surface area contributed by atoms with Crippen LogP contribution in [0.5, 0.6) is 11.5 Å². The summed E-state index contributed by atoms with van der Waals surface area (Å²) >= 11 is 7.18. The minimum absolute atomic E-state index is 0. The van der Waals surface area contributed by atoms with E-state index in [0.717, 1.165) is 26.7 Å². The summed E-state index contributed by atoms with van der Waals surface area (Å²) in [6.45, 7) is 2.05. The fourth-order valence-corrected chi connectivity index (χ4v) is 5.46. The number of ether oxygens (including phenoxy) is 2. The normalized spacial score (nSPS) is 13.9. The number of anilines is 1. The van der Waals surface area contributed by atoms with E-state index < -0.39 is 5.97 Å².